The summed E-state index contributed by atoms with van der Waals surface area (Å²) in [5, 5.41) is 13.4. The van der Waals surface area contributed by atoms with Crippen LogP contribution >= 0.6 is 0 Å². The average molecular weight is 329 g/mol. The number of hydrogen-bond acceptors (Lipinski definition) is 3. The minimum atomic E-state index is -0.912. The van der Waals surface area contributed by atoms with E-state index in [1.807, 2.05) is 41.9 Å². The second-order valence-corrected chi connectivity index (χ2v) is 5.93. The second kappa shape index (κ2) is 7.77. The van der Waals surface area contributed by atoms with Crippen LogP contribution in [0.4, 0.5) is 0 Å². The average Bonchev–Trinajstić information content (AvgIpc) is 2.97. The van der Waals surface area contributed by atoms with Crippen molar-refractivity contribution in [1.29, 1.82) is 0 Å². The molecule has 0 spiro atoms. The zero-order chi connectivity index (χ0) is 17.7. The van der Waals surface area contributed by atoms with E-state index in [9.17, 15) is 9.59 Å². The van der Waals surface area contributed by atoms with Crippen LogP contribution in [-0.2, 0) is 17.8 Å². The number of rotatable bonds is 7. The van der Waals surface area contributed by atoms with Gasteiger partial charge in [0.15, 0.2) is 0 Å². The van der Waals surface area contributed by atoms with Crippen molar-refractivity contribution in [3.63, 3.8) is 0 Å². The van der Waals surface area contributed by atoms with Gasteiger partial charge in [-0.1, -0.05) is 44.2 Å². The molecule has 1 amide bonds. The van der Waals surface area contributed by atoms with Crippen LogP contribution in [0.1, 0.15) is 35.5 Å². The molecule has 0 aliphatic carbocycles. The SMILES string of the molecule is CCc1c(C(=O)N(C)CC(C)C(=O)O)cnn1Cc1ccccc1. The molecule has 128 valence electrons. The Morgan fingerprint density at radius 1 is 1.29 bits per heavy atom. The molecule has 1 unspecified atom stereocenters. The van der Waals surface area contributed by atoms with Gasteiger partial charge in [-0.05, 0) is 12.0 Å². The van der Waals surface area contributed by atoms with Crippen molar-refractivity contribution in [3.8, 4) is 0 Å². The lowest BCUT2D eigenvalue weighted by Crippen LogP contribution is -2.34. The number of hydrogen-bond donors (Lipinski definition) is 1. The van der Waals surface area contributed by atoms with Gasteiger partial charge in [-0.3, -0.25) is 14.3 Å². The maximum absolute atomic E-state index is 12.6. The molecular formula is C18H23N3O3. The molecule has 0 fully saturated rings. The summed E-state index contributed by atoms with van der Waals surface area (Å²) in [5.41, 5.74) is 2.51. The summed E-state index contributed by atoms with van der Waals surface area (Å²) < 4.78 is 1.83. The first-order valence-corrected chi connectivity index (χ1v) is 8.00. The first-order valence-electron chi connectivity index (χ1n) is 8.00. The van der Waals surface area contributed by atoms with E-state index in [4.69, 9.17) is 5.11 Å². The number of carbonyl (C=O) groups is 2. The fourth-order valence-electron chi connectivity index (χ4n) is 2.63. The van der Waals surface area contributed by atoms with Crippen molar-refractivity contribution in [3.05, 3.63) is 53.3 Å². The quantitative estimate of drug-likeness (QED) is 0.845. The minimum absolute atomic E-state index is 0.168. The summed E-state index contributed by atoms with van der Waals surface area (Å²) in [4.78, 5) is 25.0. The molecule has 1 aromatic carbocycles. The maximum Gasteiger partial charge on any atom is 0.308 e. The molecule has 0 aliphatic rings. The third kappa shape index (κ3) is 4.01. The molecule has 0 aliphatic heterocycles. The largest absolute Gasteiger partial charge is 0.481 e. The van der Waals surface area contributed by atoms with E-state index >= 15 is 0 Å². The number of nitrogens with zero attached hydrogens (tertiary/aromatic N) is 3. The Kier molecular flexibility index (Phi) is 5.73. The van der Waals surface area contributed by atoms with Crippen molar-refractivity contribution in [2.75, 3.05) is 13.6 Å². The van der Waals surface area contributed by atoms with Crippen LogP contribution in [0.3, 0.4) is 0 Å². The first kappa shape index (κ1) is 17.7. The Morgan fingerprint density at radius 2 is 1.96 bits per heavy atom. The number of carboxylic acids is 1. The summed E-state index contributed by atoms with van der Waals surface area (Å²) in [6.07, 6.45) is 2.25. The smallest absolute Gasteiger partial charge is 0.308 e. The van der Waals surface area contributed by atoms with E-state index in [-0.39, 0.29) is 12.5 Å². The number of benzene rings is 1. The molecule has 6 heteroatoms. The van der Waals surface area contributed by atoms with Crippen molar-refractivity contribution in [1.82, 2.24) is 14.7 Å². The molecular weight excluding hydrogens is 306 g/mol. The molecule has 1 aromatic heterocycles. The van der Waals surface area contributed by atoms with E-state index in [2.05, 4.69) is 5.10 Å². The Morgan fingerprint density at radius 3 is 2.54 bits per heavy atom. The highest BCUT2D eigenvalue weighted by Gasteiger charge is 2.22. The van der Waals surface area contributed by atoms with E-state index in [0.29, 0.717) is 18.5 Å². The zero-order valence-electron chi connectivity index (χ0n) is 14.3. The van der Waals surface area contributed by atoms with Gasteiger partial charge in [0.1, 0.15) is 0 Å². The lowest BCUT2D eigenvalue weighted by atomic mass is 10.1. The molecule has 1 atom stereocenters. The summed E-state index contributed by atoms with van der Waals surface area (Å²) in [6, 6.07) is 9.93. The molecule has 1 heterocycles. The Hall–Kier alpha value is -2.63. The predicted octanol–water partition coefficient (Wildman–Crippen LogP) is 2.29. The fraction of sp³-hybridized carbons (Fsp3) is 0.389. The maximum atomic E-state index is 12.6. The third-order valence-corrected chi connectivity index (χ3v) is 4.01. The van der Waals surface area contributed by atoms with Crippen LogP contribution in [-0.4, -0.2) is 45.3 Å². The van der Waals surface area contributed by atoms with Gasteiger partial charge < -0.3 is 10.0 Å². The van der Waals surface area contributed by atoms with Crippen molar-refractivity contribution >= 4 is 11.9 Å². The molecule has 2 aromatic rings. The van der Waals surface area contributed by atoms with E-state index in [1.165, 1.54) is 4.90 Å². The lowest BCUT2D eigenvalue weighted by molar-refractivity contribution is -0.141. The number of carbonyl (C=O) groups excluding carboxylic acids is 1. The van der Waals surface area contributed by atoms with Gasteiger partial charge in [0.25, 0.3) is 5.91 Å². The van der Waals surface area contributed by atoms with Crippen LogP contribution in [0.2, 0.25) is 0 Å². The van der Waals surface area contributed by atoms with Crippen LogP contribution in [0.25, 0.3) is 0 Å². The van der Waals surface area contributed by atoms with Crippen molar-refractivity contribution < 1.29 is 14.7 Å². The zero-order valence-corrected chi connectivity index (χ0v) is 14.3. The molecule has 0 bridgehead atoms. The fourth-order valence-corrected chi connectivity index (χ4v) is 2.63. The van der Waals surface area contributed by atoms with Gasteiger partial charge in [0.2, 0.25) is 0 Å². The Labute approximate surface area is 141 Å². The van der Waals surface area contributed by atoms with Gasteiger partial charge >= 0.3 is 5.97 Å². The summed E-state index contributed by atoms with van der Waals surface area (Å²) in [7, 11) is 1.62. The molecule has 0 radical (unpaired) electrons. The van der Waals surface area contributed by atoms with E-state index < -0.39 is 11.9 Å². The highest BCUT2D eigenvalue weighted by atomic mass is 16.4. The number of aromatic nitrogens is 2. The van der Waals surface area contributed by atoms with Crippen molar-refractivity contribution in [2.24, 2.45) is 5.92 Å². The first-order chi connectivity index (χ1) is 11.4. The van der Waals surface area contributed by atoms with Gasteiger partial charge in [-0.15, -0.1) is 0 Å². The van der Waals surface area contributed by atoms with E-state index in [0.717, 1.165) is 11.3 Å². The standard InChI is InChI=1S/C18H23N3O3/c1-4-16-15(17(22)20(3)11-13(2)18(23)24)10-19-21(16)12-14-8-6-5-7-9-14/h5-10,13H,4,11-12H2,1-3H3,(H,23,24). The molecule has 0 saturated heterocycles. The molecule has 0 saturated carbocycles. The van der Waals surface area contributed by atoms with Crippen LogP contribution in [0.15, 0.2) is 36.5 Å². The Bertz CT molecular complexity index is 710. The topological polar surface area (TPSA) is 75.4 Å². The highest BCUT2D eigenvalue weighted by molar-refractivity contribution is 5.95. The number of amides is 1. The van der Waals surface area contributed by atoms with Crippen LogP contribution < -0.4 is 0 Å². The predicted molar refractivity (Wildman–Crippen MR) is 90.9 cm³/mol. The summed E-state index contributed by atoms with van der Waals surface area (Å²) >= 11 is 0. The van der Waals surface area contributed by atoms with E-state index in [1.54, 1.807) is 20.2 Å². The Balaban J connectivity index is 2.18. The van der Waals surface area contributed by atoms with Gasteiger partial charge in [0.05, 0.1) is 29.9 Å². The number of carboxylic acid groups (broad SMARTS) is 1. The minimum Gasteiger partial charge on any atom is -0.481 e. The highest BCUT2D eigenvalue weighted by Crippen LogP contribution is 2.15. The monoisotopic (exact) mass is 329 g/mol. The molecule has 2 rings (SSSR count). The summed E-state index contributed by atoms with van der Waals surface area (Å²) in [6.45, 7) is 4.34. The van der Waals surface area contributed by atoms with Crippen LogP contribution in [0, 0.1) is 5.92 Å². The molecule has 1 N–H and O–H groups in total. The molecule has 6 nitrogen and oxygen atoms in total. The third-order valence-electron chi connectivity index (χ3n) is 4.01. The summed E-state index contributed by atoms with van der Waals surface area (Å²) in [5.74, 6) is -1.72. The normalized spacial score (nSPS) is 12.0. The van der Waals surface area contributed by atoms with Crippen molar-refractivity contribution in [2.45, 2.75) is 26.8 Å². The molecule has 24 heavy (non-hydrogen) atoms. The number of aliphatic carboxylic acids is 1. The lowest BCUT2D eigenvalue weighted by Gasteiger charge is -2.19. The van der Waals surface area contributed by atoms with Gasteiger partial charge in [-0.2, -0.15) is 5.10 Å². The van der Waals surface area contributed by atoms with Gasteiger partial charge in [0, 0.05) is 13.6 Å². The second-order valence-electron chi connectivity index (χ2n) is 5.93. The van der Waals surface area contributed by atoms with Crippen LogP contribution in [0.5, 0.6) is 0 Å². The van der Waals surface area contributed by atoms with Gasteiger partial charge in [-0.25, -0.2) is 0 Å².